The second kappa shape index (κ2) is 7.70. The van der Waals surface area contributed by atoms with Crippen LogP contribution < -0.4 is 4.74 Å². The first-order valence-electron chi connectivity index (χ1n) is 7.81. The van der Waals surface area contributed by atoms with E-state index in [1.54, 1.807) is 48.5 Å². The number of ether oxygens (including phenoxy) is 2. The van der Waals surface area contributed by atoms with E-state index < -0.39 is 30.7 Å². The summed E-state index contributed by atoms with van der Waals surface area (Å²) in [6.07, 6.45) is -5.87. The molecule has 1 fully saturated rings. The second-order valence-corrected chi connectivity index (χ2v) is 6.33. The quantitative estimate of drug-likeness (QED) is 0.649. The highest BCUT2D eigenvalue weighted by molar-refractivity contribution is 6.30. The average Bonchev–Trinajstić information content (AvgIpc) is 2.62. The Balaban J connectivity index is 1.74. The van der Waals surface area contributed by atoms with Crippen molar-refractivity contribution in [2.45, 2.75) is 30.7 Å². The molecule has 134 valence electrons. The standard InChI is InChI=1S/C18H19ClO6/c19-12-6-4-10(5-7-12)15(21)11-2-1-3-13(8-11)25-18-17(23)16(22)14(20)9-24-18/h1-8,14-18,20-23H,9H2/t14-,15?,16+,17-,18+/m1/s1. The largest absolute Gasteiger partial charge is 0.462 e. The lowest BCUT2D eigenvalue weighted by atomic mass is 10.0. The van der Waals surface area contributed by atoms with Gasteiger partial charge in [0, 0.05) is 5.02 Å². The van der Waals surface area contributed by atoms with E-state index in [1.165, 1.54) is 0 Å². The Hall–Kier alpha value is -1.67. The number of hydrogen-bond donors (Lipinski definition) is 4. The fourth-order valence-electron chi connectivity index (χ4n) is 2.61. The molecule has 0 saturated carbocycles. The molecule has 7 heteroatoms. The van der Waals surface area contributed by atoms with E-state index in [2.05, 4.69) is 0 Å². The van der Waals surface area contributed by atoms with Crippen LogP contribution in [-0.2, 0) is 4.74 Å². The predicted molar refractivity (Wildman–Crippen MR) is 90.3 cm³/mol. The van der Waals surface area contributed by atoms with Crippen molar-refractivity contribution in [1.82, 2.24) is 0 Å². The molecule has 0 amide bonds. The van der Waals surface area contributed by atoms with E-state index >= 15 is 0 Å². The molecule has 0 aliphatic carbocycles. The Kier molecular flexibility index (Phi) is 5.58. The molecule has 1 saturated heterocycles. The molecule has 3 rings (SSSR count). The lowest BCUT2D eigenvalue weighted by Gasteiger charge is -2.35. The van der Waals surface area contributed by atoms with Crippen molar-refractivity contribution >= 4 is 11.6 Å². The van der Waals surface area contributed by atoms with E-state index in [9.17, 15) is 20.4 Å². The molecule has 1 aliphatic heterocycles. The Morgan fingerprint density at radius 1 is 1.00 bits per heavy atom. The summed E-state index contributed by atoms with van der Waals surface area (Å²) in [4.78, 5) is 0. The van der Waals surface area contributed by atoms with Gasteiger partial charge >= 0.3 is 0 Å². The lowest BCUT2D eigenvalue weighted by molar-refractivity contribution is -0.242. The van der Waals surface area contributed by atoms with Gasteiger partial charge in [0.1, 0.15) is 30.2 Å². The number of benzene rings is 2. The van der Waals surface area contributed by atoms with Gasteiger partial charge in [0.05, 0.1) is 6.61 Å². The normalized spacial score (nSPS) is 27.7. The maximum Gasteiger partial charge on any atom is 0.228 e. The molecule has 0 radical (unpaired) electrons. The Bertz CT molecular complexity index is 707. The third-order valence-electron chi connectivity index (χ3n) is 4.07. The summed E-state index contributed by atoms with van der Waals surface area (Å²) in [5.41, 5.74) is 1.26. The minimum atomic E-state index is -1.38. The van der Waals surface area contributed by atoms with Gasteiger partial charge in [-0.05, 0) is 35.4 Å². The van der Waals surface area contributed by atoms with E-state index in [0.29, 0.717) is 21.9 Å². The summed E-state index contributed by atoms with van der Waals surface area (Å²) in [7, 11) is 0. The molecule has 25 heavy (non-hydrogen) atoms. The van der Waals surface area contributed by atoms with Crippen molar-refractivity contribution in [3.63, 3.8) is 0 Å². The molecule has 5 atom stereocenters. The van der Waals surface area contributed by atoms with Gasteiger partial charge in [-0.1, -0.05) is 35.9 Å². The maximum atomic E-state index is 10.5. The summed E-state index contributed by atoms with van der Waals surface area (Å²) in [5.74, 6) is 0.359. The molecule has 1 aliphatic rings. The molecule has 0 aromatic heterocycles. The summed E-state index contributed by atoms with van der Waals surface area (Å²) in [5, 5.41) is 40.2. The maximum absolute atomic E-state index is 10.5. The zero-order valence-electron chi connectivity index (χ0n) is 13.2. The smallest absolute Gasteiger partial charge is 0.228 e. The zero-order chi connectivity index (χ0) is 18.0. The van der Waals surface area contributed by atoms with E-state index in [0.717, 1.165) is 0 Å². The van der Waals surface area contributed by atoms with Gasteiger partial charge in [-0.25, -0.2) is 0 Å². The van der Waals surface area contributed by atoms with Crippen LogP contribution in [0.1, 0.15) is 17.2 Å². The first kappa shape index (κ1) is 18.1. The molecule has 4 N–H and O–H groups in total. The van der Waals surface area contributed by atoms with Crippen LogP contribution in [0, 0.1) is 0 Å². The van der Waals surface area contributed by atoms with Crippen LogP contribution in [0.15, 0.2) is 48.5 Å². The molecule has 2 aromatic carbocycles. The monoisotopic (exact) mass is 366 g/mol. The third-order valence-corrected chi connectivity index (χ3v) is 4.32. The van der Waals surface area contributed by atoms with Crippen molar-refractivity contribution < 1.29 is 29.9 Å². The van der Waals surface area contributed by atoms with Gasteiger partial charge in [0.2, 0.25) is 6.29 Å². The van der Waals surface area contributed by atoms with Crippen LogP contribution in [0.25, 0.3) is 0 Å². The van der Waals surface area contributed by atoms with Crippen molar-refractivity contribution in [3.05, 3.63) is 64.7 Å². The number of rotatable bonds is 4. The molecule has 0 spiro atoms. The molecule has 2 aromatic rings. The fraction of sp³-hybridized carbons (Fsp3) is 0.333. The van der Waals surface area contributed by atoms with Crippen molar-refractivity contribution in [2.75, 3.05) is 6.61 Å². The van der Waals surface area contributed by atoms with Gasteiger partial charge in [-0.2, -0.15) is 0 Å². The van der Waals surface area contributed by atoms with Gasteiger partial charge in [0.25, 0.3) is 0 Å². The topological polar surface area (TPSA) is 99.4 Å². The van der Waals surface area contributed by atoms with Gasteiger partial charge in [-0.15, -0.1) is 0 Å². The van der Waals surface area contributed by atoms with Crippen LogP contribution in [0.2, 0.25) is 5.02 Å². The number of halogens is 1. The highest BCUT2D eigenvalue weighted by atomic mass is 35.5. The fourth-order valence-corrected chi connectivity index (χ4v) is 2.74. The van der Waals surface area contributed by atoms with Crippen LogP contribution in [0.3, 0.4) is 0 Å². The first-order valence-corrected chi connectivity index (χ1v) is 8.19. The lowest BCUT2D eigenvalue weighted by Crippen LogP contribution is -2.54. The zero-order valence-corrected chi connectivity index (χ0v) is 14.0. The van der Waals surface area contributed by atoms with Crippen LogP contribution in [0.5, 0.6) is 5.75 Å². The molecular weight excluding hydrogens is 348 g/mol. The molecular formula is C18H19ClO6. The van der Waals surface area contributed by atoms with E-state index in [4.69, 9.17) is 21.1 Å². The summed E-state index contributed by atoms with van der Waals surface area (Å²) >= 11 is 5.85. The Morgan fingerprint density at radius 2 is 1.72 bits per heavy atom. The molecule has 1 unspecified atom stereocenters. The van der Waals surface area contributed by atoms with Gasteiger partial charge in [-0.3, -0.25) is 0 Å². The highest BCUT2D eigenvalue weighted by Gasteiger charge is 2.39. The minimum Gasteiger partial charge on any atom is -0.462 e. The Morgan fingerprint density at radius 3 is 2.44 bits per heavy atom. The third kappa shape index (κ3) is 4.12. The molecule has 6 nitrogen and oxygen atoms in total. The number of aliphatic hydroxyl groups excluding tert-OH is 4. The summed E-state index contributed by atoms with van der Waals surface area (Å²) in [6, 6.07) is 13.5. The second-order valence-electron chi connectivity index (χ2n) is 5.89. The molecule has 0 bridgehead atoms. The van der Waals surface area contributed by atoms with Crippen LogP contribution in [-0.4, -0.2) is 51.6 Å². The van der Waals surface area contributed by atoms with Gasteiger partial charge in [0.15, 0.2) is 0 Å². The van der Waals surface area contributed by atoms with Crippen molar-refractivity contribution in [1.29, 1.82) is 0 Å². The summed E-state index contributed by atoms with van der Waals surface area (Å²) in [6.45, 7) is -0.143. The van der Waals surface area contributed by atoms with Crippen molar-refractivity contribution in [2.24, 2.45) is 0 Å². The minimum absolute atomic E-state index is 0.143. The number of hydrogen-bond acceptors (Lipinski definition) is 6. The van der Waals surface area contributed by atoms with Gasteiger partial charge < -0.3 is 29.9 Å². The Labute approximate surface area is 149 Å². The van der Waals surface area contributed by atoms with Crippen LogP contribution >= 0.6 is 11.6 Å². The van der Waals surface area contributed by atoms with Crippen molar-refractivity contribution in [3.8, 4) is 5.75 Å². The van der Waals surface area contributed by atoms with E-state index in [-0.39, 0.29) is 6.61 Å². The van der Waals surface area contributed by atoms with Crippen LogP contribution in [0.4, 0.5) is 0 Å². The average molecular weight is 367 g/mol. The predicted octanol–water partition coefficient (Wildman–Crippen LogP) is 1.24. The van der Waals surface area contributed by atoms with E-state index in [1.807, 2.05) is 0 Å². The highest BCUT2D eigenvalue weighted by Crippen LogP contribution is 2.27. The molecule has 1 heterocycles. The summed E-state index contributed by atoms with van der Waals surface area (Å²) < 4.78 is 10.8. The first-order chi connectivity index (χ1) is 12.0. The number of aliphatic hydroxyl groups is 4. The SMILES string of the molecule is OC(c1ccc(Cl)cc1)c1cccc(O[C@@H]2OC[C@@H](O)[C@H](O)[C@H]2O)c1.